The van der Waals surface area contributed by atoms with E-state index >= 15 is 0 Å². The lowest BCUT2D eigenvalue weighted by Crippen LogP contribution is -2.36. The minimum atomic E-state index is 0.129. The molecule has 1 heteroatoms. The highest BCUT2D eigenvalue weighted by Crippen LogP contribution is 2.49. The van der Waals surface area contributed by atoms with Crippen molar-refractivity contribution in [1.82, 2.24) is 0 Å². The van der Waals surface area contributed by atoms with E-state index in [9.17, 15) is 0 Å². The van der Waals surface area contributed by atoms with Gasteiger partial charge in [-0.3, -0.25) is 0 Å². The van der Waals surface area contributed by atoms with Crippen LogP contribution in [0.15, 0.2) is 12.2 Å². The first-order valence-electron chi connectivity index (χ1n) is 4.38. The van der Waals surface area contributed by atoms with E-state index in [1.165, 1.54) is 18.4 Å². The van der Waals surface area contributed by atoms with Crippen molar-refractivity contribution < 1.29 is 4.74 Å². The average molecular weight is 152 g/mol. The van der Waals surface area contributed by atoms with Crippen molar-refractivity contribution in [2.45, 2.75) is 50.7 Å². The summed E-state index contributed by atoms with van der Waals surface area (Å²) in [6.45, 7) is 8.49. The molecule has 0 aromatic heterocycles. The number of rotatable bonds is 0. The van der Waals surface area contributed by atoms with Gasteiger partial charge in [0.05, 0.1) is 11.2 Å². The van der Waals surface area contributed by atoms with Crippen LogP contribution in [0.1, 0.15) is 39.5 Å². The molecule has 62 valence electrons. The van der Waals surface area contributed by atoms with E-state index in [2.05, 4.69) is 20.4 Å². The van der Waals surface area contributed by atoms with E-state index in [0.717, 1.165) is 12.8 Å². The maximum atomic E-state index is 5.98. The summed E-state index contributed by atoms with van der Waals surface area (Å²) in [5.41, 5.74) is 1.63. The van der Waals surface area contributed by atoms with Crippen LogP contribution in [0, 0.1) is 0 Å². The lowest BCUT2D eigenvalue weighted by atomic mass is 9.91. The Morgan fingerprint density at radius 2 is 1.64 bits per heavy atom. The standard InChI is InChI=1S/C10H16O/c1-8-6-9(2)4-5-10(3,7-8)11-9/h1,4-7H2,2-3H3/t9-,10+. The fourth-order valence-electron chi connectivity index (χ4n) is 2.59. The zero-order valence-electron chi connectivity index (χ0n) is 7.44. The Morgan fingerprint density at radius 1 is 1.18 bits per heavy atom. The minimum Gasteiger partial charge on any atom is -0.368 e. The Hall–Kier alpha value is -0.300. The number of hydrogen-bond donors (Lipinski definition) is 0. The molecule has 0 N–H and O–H groups in total. The summed E-state index contributed by atoms with van der Waals surface area (Å²) < 4.78 is 5.98. The Labute approximate surface area is 68.4 Å². The van der Waals surface area contributed by atoms with Gasteiger partial charge in [-0.05, 0) is 39.5 Å². The van der Waals surface area contributed by atoms with E-state index < -0.39 is 0 Å². The molecule has 0 spiro atoms. The lowest BCUT2D eigenvalue weighted by Gasteiger charge is -2.37. The summed E-state index contributed by atoms with van der Waals surface area (Å²) in [6.07, 6.45) is 4.57. The number of fused-ring (bicyclic) bond motifs is 2. The second-order valence-electron chi connectivity index (χ2n) is 4.61. The topological polar surface area (TPSA) is 9.23 Å². The second kappa shape index (κ2) is 1.89. The third kappa shape index (κ3) is 1.12. The van der Waals surface area contributed by atoms with E-state index in [4.69, 9.17) is 4.74 Å². The molecule has 11 heavy (non-hydrogen) atoms. The van der Waals surface area contributed by atoms with Crippen LogP contribution in [0.25, 0.3) is 0 Å². The van der Waals surface area contributed by atoms with E-state index in [-0.39, 0.29) is 11.2 Å². The molecule has 2 bridgehead atoms. The van der Waals surface area contributed by atoms with Crippen LogP contribution in [0.2, 0.25) is 0 Å². The molecule has 2 heterocycles. The van der Waals surface area contributed by atoms with Crippen LogP contribution >= 0.6 is 0 Å². The highest BCUT2D eigenvalue weighted by Gasteiger charge is 2.47. The highest BCUT2D eigenvalue weighted by molar-refractivity contribution is 5.14. The third-order valence-corrected chi connectivity index (χ3v) is 2.92. The minimum absolute atomic E-state index is 0.129. The maximum Gasteiger partial charge on any atom is 0.0700 e. The van der Waals surface area contributed by atoms with Gasteiger partial charge in [0.1, 0.15) is 0 Å². The predicted octanol–water partition coefficient (Wildman–Crippen LogP) is 2.66. The van der Waals surface area contributed by atoms with Crippen molar-refractivity contribution in [3.63, 3.8) is 0 Å². The highest BCUT2D eigenvalue weighted by atomic mass is 16.5. The van der Waals surface area contributed by atoms with Crippen LogP contribution in [0.3, 0.4) is 0 Å². The second-order valence-corrected chi connectivity index (χ2v) is 4.61. The van der Waals surface area contributed by atoms with Crippen LogP contribution in [0.4, 0.5) is 0 Å². The Balaban J connectivity index is 2.28. The van der Waals surface area contributed by atoms with E-state index in [1.54, 1.807) is 0 Å². The molecule has 0 saturated carbocycles. The monoisotopic (exact) mass is 152 g/mol. The number of hydrogen-bond acceptors (Lipinski definition) is 1. The molecule has 2 atom stereocenters. The summed E-state index contributed by atoms with van der Waals surface area (Å²) in [5.74, 6) is 0. The first kappa shape index (κ1) is 7.35. The van der Waals surface area contributed by atoms with Gasteiger partial charge in [-0.2, -0.15) is 0 Å². The van der Waals surface area contributed by atoms with Gasteiger partial charge in [0.2, 0.25) is 0 Å². The first-order valence-corrected chi connectivity index (χ1v) is 4.38. The summed E-state index contributed by atoms with van der Waals surface area (Å²) in [6, 6.07) is 0. The molecule has 2 aliphatic rings. The van der Waals surface area contributed by atoms with Crippen LogP contribution in [0.5, 0.6) is 0 Å². The fraction of sp³-hybridized carbons (Fsp3) is 0.800. The van der Waals surface area contributed by atoms with Gasteiger partial charge in [0.25, 0.3) is 0 Å². The Kier molecular flexibility index (Phi) is 1.26. The molecule has 2 rings (SSSR count). The molecule has 2 saturated heterocycles. The molecule has 2 fully saturated rings. The van der Waals surface area contributed by atoms with Gasteiger partial charge in [-0.1, -0.05) is 12.2 Å². The summed E-state index contributed by atoms with van der Waals surface area (Å²) in [5, 5.41) is 0. The molecular weight excluding hydrogens is 136 g/mol. The van der Waals surface area contributed by atoms with Gasteiger partial charge < -0.3 is 4.74 Å². The number of ether oxygens (including phenoxy) is 1. The zero-order chi connectivity index (χ0) is 8.11. The molecule has 2 aliphatic heterocycles. The Bertz CT molecular complexity index is 189. The molecule has 0 radical (unpaired) electrons. The normalized spacial score (nSPS) is 49.8. The smallest absolute Gasteiger partial charge is 0.0700 e. The van der Waals surface area contributed by atoms with Gasteiger partial charge in [-0.15, -0.1) is 0 Å². The summed E-state index contributed by atoms with van der Waals surface area (Å²) >= 11 is 0. The maximum absolute atomic E-state index is 5.98. The van der Waals surface area contributed by atoms with Crippen LogP contribution in [-0.4, -0.2) is 11.2 Å². The molecule has 0 amide bonds. The van der Waals surface area contributed by atoms with Crippen molar-refractivity contribution >= 4 is 0 Å². The van der Waals surface area contributed by atoms with E-state index in [1.807, 2.05) is 0 Å². The third-order valence-electron chi connectivity index (χ3n) is 2.92. The molecular formula is C10H16O. The quantitative estimate of drug-likeness (QED) is 0.485. The van der Waals surface area contributed by atoms with Gasteiger partial charge >= 0.3 is 0 Å². The average Bonchev–Trinajstić information content (AvgIpc) is 2.01. The predicted molar refractivity (Wildman–Crippen MR) is 45.5 cm³/mol. The summed E-state index contributed by atoms with van der Waals surface area (Å²) in [4.78, 5) is 0. The van der Waals surface area contributed by atoms with Crippen molar-refractivity contribution in [2.75, 3.05) is 0 Å². The van der Waals surface area contributed by atoms with E-state index in [0.29, 0.717) is 0 Å². The van der Waals surface area contributed by atoms with Crippen molar-refractivity contribution in [2.24, 2.45) is 0 Å². The van der Waals surface area contributed by atoms with Gasteiger partial charge in [0.15, 0.2) is 0 Å². The van der Waals surface area contributed by atoms with Crippen LogP contribution in [-0.2, 0) is 4.74 Å². The van der Waals surface area contributed by atoms with Crippen molar-refractivity contribution in [1.29, 1.82) is 0 Å². The molecule has 1 nitrogen and oxygen atoms in total. The largest absolute Gasteiger partial charge is 0.368 e. The molecule has 0 aromatic carbocycles. The Morgan fingerprint density at radius 3 is 2.09 bits per heavy atom. The van der Waals surface area contributed by atoms with Crippen molar-refractivity contribution in [3.05, 3.63) is 12.2 Å². The van der Waals surface area contributed by atoms with Gasteiger partial charge in [-0.25, -0.2) is 0 Å². The fourth-order valence-corrected chi connectivity index (χ4v) is 2.59. The summed E-state index contributed by atoms with van der Waals surface area (Å²) in [7, 11) is 0. The van der Waals surface area contributed by atoms with Crippen LogP contribution < -0.4 is 0 Å². The first-order chi connectivity index (χ1) is 5.02. The molecule has 0 aliphatic carbocycles. The molecule has 0 aromatic rings. The van der Waals surface area contributed by atoms with Gasteiger partial charge in [0, 0.05) is 0 Å². The SMILES string of the molecule is C=C1C[C@]2(C)CC[C@](C)(C1)O2. The van der Waals surface area contributed by atoms with Crippen molar-refractivity contribution in [3.8, 4) is 0 Å². The zero-order valence-corrected chi connectivity index (χ0v) is 7.44. The lowest BCUT2D eigenvalue weighted by molar-refractivity contribution is -0.102. The molecule has 0 unspecified atom stereocenters.